The fourth-order valence-electron chi connectivity index (χ4n) is 3.10. The molecule has 0 unspecified atom stereocenters. The van der Waals surface area contributed by atoms with Crippen molar-refractivity contribution in [3.05, 3.63) is 28.8 Å². The van der Waals surface area contributed by atoms with Crippen LogP contribution < -0.4 is 24.8 Å². The van der Waals surface area contributed by atoms with E-state index < -0.39 is 5.91 Å². The molecular formula is C23H32N4O7S. The van der Waals surface area contributed by atoms with Gasteiger partial charge in [0.2, 0.25) is 0 Å². The minimum atomic E-state index is -0.476. The second-order valence-electron chi connectivity index (χ2n) is 7.52. The van der Waals surface area contributed by atoms with Crippen LogP contribution in [0.2, 0.25) is 0 Å². The summed E-state index contributed by atoms with van der Waals surface area (Å²) in [7, 11) is 4.39. The topological polar surface area (TPSA) is 128 Å². The fourth-order valence-corrected chi connectivity index (χ4v) is 3.79. The summed E-state index contributed by atoms with van der Waals surface area (Å²) in [4.78, 5) is 43.2. The Morgan fingerprint density at radius 2 is 1.69 bits per heavy atom. The summed E-state index contributed by atoms with van der Waals surface area (Å²) >= 11 is 1.12. The Balaban J connectivity index is 1.99. The molecule has 2 aromatic rings. The number of rotatable bonds is 13. The summed E-state index contributed by atoms with van der Waals surface area (Å²) in [6.45, 7) is 6.94. The van der Waals surface area contributed by atoms with Crippen LogP contribution in [0.3, 0.4) is 0 Å². The lowest BCUT2D eigenvalue weighted by molar-refractivity contribution is -0.144. The fraction of sp³-hybridized carbons (Fsp3) is 0.478. The highest BCUT2D eigenvalue weighted by Crippen LogP contribution is 2.35. The van der Waals surface area contributed by atoms with E-state index in [2.05, 4.69) is 15.6 Å². The van der Waals surface area contributed by atoms with Crippen molar-refractivity contribution in [3.8, 4) is 17.2 Å². The van der Waals surface area contributed by atoms with Gasteiger partial charge in [-0.15, -0.1) is 11.3 Å². The smallest absolute Gasteiger partial charge is 0.320 e. The highest BCUT2D eigenvalue weighted by atomic mass is 32.1. The summed E-state index contributed by atoms with van der Waals surface area (Å²) in [6.07, 6.45) is 0. The SMILES string of the molecule is CCOC(=O)CN(CCNC(=O)c1csc(NC(=O)c2cc(OC)c(OC)cc2OC)n1)C(C)C. The van der Waals surface area contributed by atoms with Gasteiger partial charge >= 0.3 is 5.97 Å². The van der Waals surface area contributed by atoms with E-state index in [0.29, 0.717) is 36.9 Å². The molecule has 0 aliphatic rings. The highest BCUT2D eigenvalue weighted by molar-refractivity contribution is 7.14. The number of carbonyl (C=O) groups excluding carboxylic acids is 3. The standard InChI is InChI=1S/C23H32N4O7S/c1-7-34-20(28)12-27(14(2)3)9-8-24-22(30)16-13-35-23(25-16)26-21(29)15-10-18(32-5)19(33-6)11-17(15)31-4/h10-11,13-14H,7-9,12H2,1-6H3,(H,24,30)(H,25,26,29). The van der Waals surface area contributed by atoms with Gasteiger partial charge < -0.3 is 24.3 Å². The lowest BCUT2D eigenvalue weighted by Gasteiger charge is -2.25. The third kappa shape index (κ3) is 7.82. The Morgan fingerprint density at radius 1 is 1.03 bits per heavy atom. The maximum atomic E-state index is 12.8. The molecule has 0 aliphatic heterocycles. The Bertz CT molecular complexity index is 1030. The van der Waals surface area contributed by atoms with E-state index in [4.69, 9.17) is 18.9 Å². The predicted molar refractivity (Wildman–Crippen MR) is 132 cm³/mol. The number of methoxy groups -OCH3 is 3. The number of amides is 2. The summed E-state index contributed by atoms with van der Waals surface area (Å²) < 4.78 is 20.8. The van der Waals surface area contributed by atoms with Crippen LogP contribution >= 0.6 is 11.3 Å². The van der Waals surface area contributed by atoms with E-state index in [1.54, 1.807) is 18.4 Å². The molecule has 0 aliphatic carbocycles. The number of ether oxygens (including phenoxy) is 4. The summed E-state index contributed by atoms with van der Waals surface area (Å²) in [5.41, 5.74) is 0.396. The van der Waals surface area contributed by atoms with Crippen LogP contribution in [0.5, 0.6) is 17.2 Å². The average molecular weight is 509 g/mol. The first-order valence-electron chi connectivity index (χ1n) is 11.0. The van der Waals surface area contributed by atoms with E-state index in [1.165, 1.54) is 27.4 Å². The lowest BCUT2D eigenvalue weighted by atomic mass is 10.1. The molecule has 11 nitrogen and oxygen atoms in total. The number of hydrogen-bond acceptors (Lipinski definition) is 10. The van der Waals surface area contributed by atoms with Gasteiger partial charge in [-0.3, -0.25) is 24.6 Å². The molecule has 0 saturated carbocycles. The molecule has 1 aromatic carbocycles. The van der Waals surface area contributed by atoms with E-state index in [-0.39, 0.29) is 40.9 Å². The van der Waals surface area contributed by atoms with Gasteiger partial charge in [0.25, 0.3) is 11.8 Å². The quantitative estimate of drug-likeness (QED) is 0.392. The number of esters is 1. The Labute approximate surface area is 208 Å². The van der Waals surface area contributed by atoms with E-state index in [1.807, 2.05) is 18.7 Å². The Morgan fingerprint density at radius 3 is 2.29 bits per heavy atom. The van der Waals surface area contributed by atoms with Crippen molar-refractivity contribution in [2.45, 2.75) is 26.8 Å². The number of nitrogens with one attached hydrogen (secondary N) is 2. The maximum absolute atomic E-state index is 12.8. The molecule has 2 amide bonds. The summed E-state index contributed by atoms with van der Waals surface area (Å²) in [6, 6.07) is 3.16. The van der Waals surface area contributed by atoms with E-state index >= 15 is 0 Å². The number of nitrogens with zero attached hydrogens (tertiary/aromatic N) is 2. The summed E-state index contributed by atoms with van der Waals surface area (Å²) in [5, 5.41) is 7.26. The van der Waals surface area contributed by atoms with Crippen LogP contribution in [0.25, 0.3) is 0 Å². The third-order valence-electron chi connectivity index (χ3n) is 4.96. The monoisotopic (exact) mass is 508 g/mol. The predicted octanol–water partition coefficient (Wildman–Crippen LogP) is 2.42. The van der Waals surface area contributed by atoms with Crippen LogP contribution in [0.4, 0.5) is 5.13 Å². The minimum Gasteiger partial charge on any atom is -0.496 e. The number of benzene rings is 1. The molecular weight excluding hydrogens is 476 g/mol. The van der Waals surface area contributed by atoms with Gasteiger partial charge in [0.05, 0.1) is 40.0 Å². The second-order valence-corrected chi connectivity index (χ2v) is 8.38. The molecule has 0 radical (unpaired) electrons. The molecule has 0 spiro atoms. The van der Waals surface area contributed by atoms with Crippen molar-refractivity contribution in [1.82, 2.24) is 15.2 Å². The largest absolute Gasteiger partial charge is 0.496 e. The van der Waals surface area contributed by atoms with Gasteiger partial charge in [0.1, 0.15) is 11.4 Å². The van der Waals surface area contributed by atoms with Crippen molar-refractivity contribution in [2.24, 2.45) is 0 Å². The van der Waals surface area contributed by atoms with Crippen molar-refractivity contribution < 1.29 is 33.3 Å². The molecule has 2 N–H and O–H groups in total. The molecule has 0 fully saturated rings. The second kappa shape index (κ2) is 13.5. The zero-order valence-corrected chi connectivity index (χ0v) is 21.6. The highest BCUT2D eigenvalue weighted by Gasteiger charge is 2.20. The van der Waals surface area contributed by atoms with Crippen LogP contribution in [0, 0.1) is 0 Å². The van der Waals surface area contributed by atoms with Gasteiger partial charge in [-0.25, -0.2) is 4.98 Å². The van der Waals surface area contributed by atoms with E-state index in [0.717, 1.165) is 11.3 Å². The Hall–Kier alpha value is -3.38. The van der Waals surface area contributed by atoms with Crippen LogP contribution in [0.15, 0.2) is 17.5 Å². The molecule has 1 aromatic heterocycles. The van der Waals surface area contributed by atoms with Crippen LogP contribution in [0.1, 0.15) is 41.6 Å². The first-order chi connectivity index (χ1) is 16.7. The summed E-state index contributed by atoms with van der Waals surface area (Å²) in [5.74, 6) is -0.0740. The Kier molecular flexibility index (Phi) is 10.7. The third-order valence-corrected chi connectivity index (χ3v) is 5.72. The maximum Gasteiger partial charge on any atom is 0.320 e. The first-order valence-corrected chi connectivity index (χ1v) is 11.9. The number of thiazole rings is 1. The molecule has 0 bridgehead atoms. The van der Waals surface area contributed by atoms with Gasteiger partial charge in [0.15, 0.2) is 16.6 Å². The van der Waals surface area contributed by atoms with Crippen molar-refractivity contribution >= 4 is 34.3 Å². The van der Waals surface area contributed by atoms with Crippen molar-refractivity contribution in [3.63, 3.8) is 0 Å². The van der Waals surface area contributed by atoms with Crippen molar-refractivity contribution in [1.29, 1.82) is 0 Å². The molecule has 2 rings (SSSR count). The minimum absolute atomic E-state index is 0.103. The number of hydrogen-bond donors (Lipinski definition) is 2. The zero-order valence-electron chi connectivity index (χ0n) is 20.8. The molecule has 0 atom stereocenters. The normalized spacial score (nSPS) is 10.7. The number of anilines is 1. The van der Waals surface area contributed by atoms with Crippen molar-refractivity contribution in [2.75, 3.05) is 52.9 Å². The zero-order chi connectivity index (χ0) is 26.0. The number of aromatic nitrogens is 1. The van der Waals surface area contributed by atoms with Gasteiger partial charge in [-0.05, 0) is 20.8 Å². The lowest BCUT2D eigenvalue weighted by Crippen LogP contribution is -2.41. The van der Waals surface area contributed by atoms with Gasteiger partial charge in [-0.1, -0.05) is 0 Å². The first kappa shape index (κ1) is 27.9. The molecule has 192 valence electrons. The molecule has 35 heavy (non-hydrogen) atoms. The van der Waals surface area contributed by atoms with Gasteiger partial charge in [0, 0.05) is 36.6 Å². The molecule has 12 heteroatoms. The average Bonchev–Trinajstić information content (AvgIpc) is 3.30. The van der Waals surface area contributed by atoms with E-state index in [9.17, 15) is 14.4 Å². The van der Waals surface area contributed by atoms with Crippen LogP contribution in [-0.2, 0) is 9.53 Å². The molecule has 0 saturated heterocycles. The molecule has 1 heterocycles. The van der Waals surface area contributed by atoms with Gasteiger partial charge in [-0.2, -0.15) is 0 Å². The number of carbonyl (C=O) groups is 3. The van der Waals surface area contributed by atoms with Crippen LogP contribution in [-0.4, -0.2) is 81.3 Å².